The number of rotatable bonds is 2. The van der Waals surface area contributed by atoms with Crippen LogP contribution in [0, 0.1) is 11.8 Å². The van der Waals surface area contributed by atoms with Crippen LogP contribution in [0.5, 0.6) is 0 Å². The van der Waals surface area contributed by atoms with Crippen LogP contribution in [0.2, 0.25) is 5.02 Å². The first kappa shape index (κ1) is 17.9. The molecule has 0 aliphatic carbocycles. The monoisotopic (exact) mass is 416 g/mol. The molecule has 4 saturated heterocycles. The predicted octanol–water partition coefficient (Wildman–Crippen LogP) is 0.329. The zero-order valence-corrected chi connectivity index (χ0v) is 16.7. The number of ether oxygens (including phenoxy) is 1. The number of nitrogens with one attached hydrogen (secondary N) is 2. The third-order valence-corrected chi connectivity index (χ3v) is 7.92. The molecule has 5 heterocycles. The third kappa shape index (κ3) is 2.13. The van der Waals surface area contributed by atoms with Gasteiger partial charge >= 0.3 is 0 Å². The molecular weight excluding hydrogens is 394 g/mol. The number of imide groups is 1. The van der Waals surface area contributed by atoms with Gasteiger partial charge in [0.2, 0.25) is 17.4 Å². The van der Waals surface area contributed by atoms with Gasteiger partial charge < -0.3 is 15.0 Å². The van der Waals surface area contributed by atoms with Crippen molar-refractivity contribution >= 4 is 35.0 Å². The Kier molecular flexibility index (Phi) is 3.71. The number of quaternary nitrogens is 1. The lowest BCUT2D eigenvalue weighted by molar-refractivity contribution is -0.948. The van der Waals surface area contributed by atoms with Crippen LogP contribution in [0.3, 0.4) is 0 Å². The largest absolute Gasteiger partial charge is 0.376 e. The van der Waals surface area contributed by atoms with Gasteiger partial charge in [-0.05, 0) is 31.0 Å². The molecular formula is C21H23ClN3O4+. The molecule has 1 unspecified atom stereocenters. The highest BCUT2D eigenvalue weighted by molar-refractivity contribution is 6.31. The van der Waals surface area contributed by atoms with E-state index < -0.39 is 17.4 Å². The fraction of sp³-hybridized carbons (Fsp3) is 0.571. The van der Waals surface area contributed by atoms with Gasteiger partial charge in [0.05, 0.1) is 24.9 Å². The zero-order valence-electron chi connectivity index (χ0n) is 15.9. The van der Waals surface area contributed by atoms with Gasteiger partial charge in [0, 0.05) is 30.0 Å². The van der Waals surface area contributed by atoms with E-state index in [0.29, 0.717) is 23.9 Å². The molecule has 2 N–H and O–H groups in total. The topological polar surface area (TPSA) is 80.2 Å². The number of amides is 3. The van der Waals surface area contributed by atoms with E-state index in [9.17, 15) is 14.4 Å². The van der Waals surface area contributed by atoms with Crippen molar-refractivity contribution in [2.24, 2.45) is 11.8 Å². The second-order valence-electron chi connectivity index (χ2n) is 8.90. The van der Waals surface area contributed by atoms with Crippen LogP contribution in [0.25, 0.3) is 0 Å². The van der Waals surface area contributed by atoms with Gasteiger partial charge in [-0.1, -0.05) is 11.6 Å². The van der Waals surface area contributed by atoms with Crippen molar-refractivity contribution in [2.45, 2.75) is 43.4 Å². The summed E-state index contributed by atoms with van der Waals surface area (Å²) in [6.07, 6.45) is 3.52. The van der Waals surface area contributed by atoms with Gasteiger partial charge in [-0.2, -0.15) is 0 Å². The van der Waals surface area contributed by atoms with Crippen molar-refractivity contribution in [2.75, 3.05) is 25.0 Å². The Morgan fingerprint density at radius 2 is 2.07 bits per heavy atom. The van der Waals surface area contributed by atoms with E-state index in [1.165, 1.54) is 4.90 Å². The van der Waals surface area contributed by atoms with E-state index in [2.05, 4.69) is 5.32 Å². The second kappa shape index (κ2) is 6.03. The molecule has 0 saturated carbocycles. The fourth-order valence-electron chi connectivity index (χ4n) is 6.66. The first-order chi connectivity index (χ1) is 14.0. The minimum Gasteiger partial charge on any atom is -0.376 e. The van der Waals surface area contributed by atoms with E-state index in [4.69, 9.17) is 16.3 Å². The van der Waals surface area contributed by atoms with Gasteiger partial charge in [-0.25, -0.2) is 0 Å². The molecule has 8 heteroatoms. The van der Waals surface area contributed by atoms with Gasteiger partial charge in [-0.3, -0.25) is 19.3 Å². The lowest BCUT2D eigenvalue weighted by atomic mass is 9.75. The Morgan fingerprint density at radius 3 is 2.86 bits per heavy atom. The van der Waals surface area contributed by atoms with Crippen LogP contribution in [0.1, 0.15) is 31.2 Å². The highest BCUT2D eigenvalue weighted by Gasteiger charge is 2.78. The van der Waals surface area contributed by atoms with Gasteiger partial charge in [-0.15, -0.1) is 0 Å². The molecule has 5 aliphatic heterocycles. The number of likely N-dealkylation sites (tertiary alicyclic amines) is 1. The maximum absolute atomic E-state index is 13.6. The maximum atomic E-state index is 13.6. The average molecular weight is 417 g/mol. The molecule has 0 bridgehead atoms. The summed E-state index contributed by atoms with van der Waals surface area (Å²) in [5.74, 6) is -1.64. The van der Waals surface area contributed by atoms with E-state index in [1.54, 1.807) is 18.2 Å². The number of benzene rings is 1. The zero-order chi connectivity index (χ0) is 19.9. The molecule has 1 aromatic rings. The highest BCUT2D eigenvalue weighted by Crippen LogP contribution is 2.52. The van der Waals surface area contributed by atoms with Gasteiger partial charge in [0.1, 0.15) is 17.9 Å². The Morgan fingerprint density at radius 1 is 1.21 bits per heavy atom. The summed E-state index contributed by atoms with van der Waals surface area (Å²) in [7, 11) is 0. The van der Waals surface area contributed by atoms with Gasteiger partial charge in [0.25, 0.3) is 5.91 Å². The SMILES string of the molecule is O=C1[C@H]2[C@@H]3CCC[NH+]3[C@@]3(C(=O)Nc4ccc(Cl)cc43)[C@H]2C(=O)N1C[C@@H]1CCCO1. The van der Waals surface area contributed by atoms with Crippen LogP contribution < -0.4 is 10.2 Å². The Bertz CT molecular complexity index is 946. The number of hydrogen-bond donors (Lipinski definition) is 2. The van der Waals surface area contributed by atoms with Crippen molar-refractivity contribution < 1.29 is 24.0 Å². The smallest absolute Gasteiger partial charge is 0.291 e. The lowest BCUT2D eigenvalue weighted by Gasteiger charge is -2.33. The molecule has 1 aromatic carbocycles. The van der Waals surface area contributed by atoms with Crippen molar-refractivity contribution in [1.29, 1.82) is 0 Å². The third-order valence-electron chi connectivity index (χ3n) is 7.68. The first-order valence-corrected chi connectivity index (χ1v) is 10.9. The number of hydrogen-bond acceptors (Lipinski definition) is 4. The number of carbonyl (C=O) groups excluding carboxylic acids is 3. The molecule has 0 radical (unpaired) electrons. The minimum atomic E-state index is -1.07. The number of anilines is 1. The summed E-state index contributed by atoms with van der Waals surface area (Å²) in [5.41, 5.74) is 0.407. The minimum absolute atomic E-state index is 0.0124. The summed E-state index contributed by atoms with van der Waals surface area (Å²) in [4.78, 5) is 43.0. The van der Waals surface area contributed by atoms with Crippen LogP contribution >= 0.6 is 11.6 Å². The molecule has 0 aromatic heterocycles. The van der Waals surface area contributed by atoms with Crippen LogP contribution in [0.4, 0.5) is 5.69 Å². The number of fused-ring (bicyclic) bond motifs is 7. The van der Waals surface area contributed by atoms with Crippen LogP contribution in [-0.4, -0.2) is 54.5 Å². The van der Waals surface area contributed by atoms with Gasteiger partial charge in [0.15, 0.2) is 0 Å². The summed E-state index contributed by atoms with van der Waals surface area (Å²) in [6, 6.07) is 5.34. The quantitative estimate of drug-likeness (QED) is 0.681. The van der Waals surface area contributed by atoms with Crippen LogP contribution in [0.15, 0.2) is 18.2 Å². The predicted molar refractivity (Wildman–Crippen MR) is 103 cm³/mol. The molecule has 6 atom stereocenters. The molecule has 3 amide bonds. The molecule has 7 nitrogen and oxygen atoms in total. The molecule has 6 rings (SSSR count). The highest BCUT2D eigenvalue weighted by atomic mass is 35.5. The summed E-state index contributed by atoms with van der Waals surface area (Å²) in [5, 5.41) is 3.51. The second-order valence-corrected chi connectivity index (χ2v) is 9.34. The lowest BCUT2D eigenvalue weighted by Crippen LogP contribution is -3.19. The number of carbonyl (C=O) groups is 3. The van der Waals surface area contributed by atoms with Crippen LogP contribution in [-0.2, 0) is 24.7 Å². The summed E-state index contributed by atoms with van der Waals surface area (Å²) in [6.45, 7) is 1.75. The molecule has 5 aliphatic rings. The normalized spacial score (nSPS) is 40.0. The van der Waals surface area contributed by atoms with Crippen molar-refractivity contribution in [3.63, 3.8) is 0 Å². The molecule has 4 fully saturated rings. The summed E-state index contributed by atoms with van der Waals surface area (Å²) < 4.78 is 5.68. The molecule has 29 heavy (non-hydrogen) atoms. The standard InChI is InChI=1S/C21H22ClN3O4/c22-11-5-6-14-13(9-11)21(20(28)23-14)17-16(15-4-1-7-25(15)21)18(26)24(19(17)27)10-12-3-2-8-29-12/h5-6,9,12,15-17H,1-4,7-8,10H2,(H,23,28)/p+1/t12-,15-,16-,17+,21+/m0/s1. The van der Waals surface area contributed by atoms with Crippen molar-refractivity contribution in [1.82, 2.24) is 4.90 Å². The molecule has 152 valence electrons. The van der Waals surface area contributed by atoms with E-state index >= 15 is 0 Å². The average Bonchev–Trinajstić information content (AvgIpc) is 3.47. The molecule has 1 spiro atoms. The van der Waals surface area contributed by atoms with E-state index in [0.717, 1.165) is 42.7 Å². The van der Waals surface area contributed by atoms with E-state index in [-0.39, 0.29) is 29.9 Å². The Hall–Kier alpha value is -1.96. The number of nitrogens with zero attached hydrogens (tertiary/aromatic N) is 1. The van der Waals surface area contributed by atoms with Crippen molar-refractivity contribution in [3.05, 3.63) is 28.8 Å². The fourth-order valence-corrected chi connectivity index (χ4v) is 6.84. The maximum Gasteiger partial charge on any atom is 0.291 e. The van der Waals surface area contributed by atoms with Crippen molar-refractivity contribution in [3.8, 4) is 0 Å². The summed E-state index contributed by atoms with van der Waals surface area (Å²) >= 11 is 6.30. The number of halogens is 1. The Balaban J connectivity index is 1.48. The first-order valence-electron chi connectivity index (χ1n) is 10.5. The van der Waals surface area contributed by atoms with E-state index in [1.807, 2.05) is 0 Å². The Labute approximate surface area is 173 Å².